The molecule has 22 heavy (non-hydrogen) atoms. The van der Waals surface area contributed by atoms with Gasteiger partial charge in [-0.05, 0) is 37.8 Å². The highest BCUT2D eigenvalue weighted by molar-refractivity contribution is 5.95. The van der Waals surface area contributed by atoms with Crippen LogP contribution in [0, 0.1) is 12.3 Å². The van der Waals surface area contributed by atoms with Crippen molar-refractivity contribution in [1.82, 2.24) is 4.90 Å². The van der Waals surface area contributed by atoms with Gasteiger partial charge in [-0.1, -0.05) is 18.2 Å². The highest BCUT2D eigenvalue weighted by Gasteiger charge is 2.47. The minimum Gasteiger partial charge on any atom is -0.384 e. The molecule has 1 aromatic carbocycles. The molecule has 0 spiro atoms. The molecule has 2 heterocycles. The van der Waals surface area contributed by atoms with E-state index in [9.17, 15) is 4.79 Å². The molecule has 2 aliphatic rings. The molecule has 2 fully saturated rings. The Morgan fingerprint density at radius 3 is 3.05 bits per heavy atom. The summed E-state index contributed by atoms with van der Waals surface area (Å²) in [4.78, 5) is 14.9. The summed E-state index contributed by atoms with van der Waals surface area (Å²) in [5, 5.41) is 0. The number of rotatable bonds is 3. The van der Waals surface area contributed by atoms with Gasteiger partial charge in [0.1, 0.15) is 0 Å². The van der Waals surface area contributed by atoms with E-state index in [0.29, 0.717) is 6.61 Å². The van der Waals surface area contributed by atoms with Gasteiger partial charge in [0.05, 0.1) is 12.7 Å². The summed E-state index contributed by atoms with van der Waals surface area (Å²) in [7, 11) is 1.74. The highest BCUT2D eigenvalue weighted by atomic mass is 16.5. The van der Waals surface area contributed by atoms with Crippen LogP contribution < -0.4 is 0 Å². The second-order valence-electron chi connectivity index (χ2n) is 6.59. The molecule has 4 heteroatoms. The van der Waals surface area contributed by atoms with E-state index in [1.165, 1.54) is 0 Å². The quantitative estimate of drug-likeness (QED) is 0.861. The van der Waals surface area contributed by atoms with E-state index < -0.39 is 0 Å². The van der Waals surface area contributed by atoms with Crippen LogP contribution in [0.4, 0.5) is 0 Å². The zero-order valence-electron chi connectivity index (χ0n) is 13.5. The molecule has 2 aliphatic heterocycles. The molecule has 0 radical (unpaired) electrons. The van der Waals surface area contributed by atoms with Gasteiger partial charge >= 0.3 is 0 Å². The van der Waals surface area contributed by atoms with Crippen LogP contribution in [0.3, 0.4) is 0 Å². The van der Waals surface area contributed by atoms with Crippen LogP contribution in [0.25, 0.3) is 0 Å². The van der Waals surface area contributed by atoms with E-state index >= 15 is 0 Å². The lowest BCUT2D eigenvalue weighted by Gasteiger charge is -2.50. The van der Waals surface area contributed by atoms with Gasteiger partial charge in [0.15, 0.2) is 0 Å². The Morgan fingerprint density at radius 1 is 1.45 bits per heavy atom. The molecule has 0 unspecified atom stereocenters. The third kappa shape index (κ3) is 2.77. The normalized spacial score (nSPS) is 28.3. The fourth-order valence-corrected chi connectivity index (χ4v) is 3.95. The first-order valence-corrected chi connectivity index (χ1v) is 8.12. The standard InChI is InChI=1S/C18H25NO3/c1-14-6-3-4-7-15(14)17(20)19-10-8-16-18(12-19,13-21-2)9-5-11-22-16/h3-4,6-7,16H,5,8-13H2,1-2H3/t16-,18-/m1/s1. The van der Waals surface area contributed by atoms with Gasteiger partial charge in [0.2, 0.25) is 0 Å². The summed E-state index contributed by atoms with van der Waals surface area (Å²) in [6, 6.07) is 7.82. The number of ether oxygens (including phenoxy) is 2. The van der Waals surface area contributed by atoms with Crippen molar-refractivity contribution < 1.29 is 14.3 Å². The van der Waals surface area contributed by atoms with Gasteiger partial charge in [-0.3, -0.25) is 4.79 Å². The van der Waals surface area contributed by atoms with Crippen molar-refractivity contribution in [2.45, 2.75) is 32.3 Å². The summed E-state index contributed by atoms with van der Waals surface area (Å²) < 4.78 is 11.5. The molecule has 1 amide bonds. The van der Waals surface area contributed by atoms with Crippen molar-refractivity contribution in [2.75, 3.05) is 33.4 Å². The number of amides is 1. The Balaban J connectivity index is 1.81. The number of piperidine rings is 1. The zero-order valence-corrected chi connectivity index (χ0v) is 13.5. The van der Waals surface area contributed by atoms with Crippen LogP contribution in [-0.4, -0.2) is 50.3 Å². The SMILES string of the molecule is COC[C@]12CCCO[C@@H]1CCN(C(=O)c1ccccc1C)C2. The molecule has 2 atom stereocenters. The third-order valence-corrected chi connectivity index (χ3v) is 5.08. The van der Waals surface area contributed by atoms with Gasteiger partial charge in [0, 0.05) is 37.8 Å². The number of benzene rings is 1. The lowest BCUT2D eigenvalue weighted by molar-refractivity contribution is -0.142. The van der Waals surface area contributed by atoms with E-state index in [0.717, 1.165) is 50.1 Å². The molecule has 120 valence electrons. The number of likely N-dealkylation sites (tertiary alicyclic amines) is 1. The minimum absolute atomic E-state index is 0.0381. The predicted molar refractivity (Wildman–Crippen MR) is 85.0 cm³/mol. The van der Waals surface area contributed by atoms with Crippen molar-refractivity contribution in [3.63, 3.8) is 0 Å². The highest BCUT2D eigenvalue weighted by Crippen LogP contribution is 2.40. The maximum atomic E-state index is 12.9. The Kier molecular flexibility index (Phi) is 4.50. The largest absolute Gasteiger partial charge is 0.384 e. The summed E-state index contributed by atoms with van der Waals surface area (Å²) in [5.41, 5.74) is 1.81. The van der Waals surface area contributed by atoms with Crippen LogP contribution in [0.1, 0.15) is 35.2 Å². The molecule has 2 saturated heterocycles. The van der Waals surface area contributed by atoms with Gasteiger partial charge in [-0.2, -0.15) is 0 Å². The first kappa shape index (κ1) is 15.5. The van der Waals surface area contributed by atoms with E-state index in [2.05, 4.69) is 0 Å². The molecule has 0 saturated carbocycles. The molecule has 0 N–H and O–H groups in total. The van der Waals surface area contributed by atoms with Gasteiger partial charge < -0.3 is 14.4 Å². The summed E-state index contributed by atoms with van der Waals surface area (Å²) >= 11 is 0. The van der Waals surface area contributed by atoms with Gasteiger partial charge in [-0.15, -0.1) is 0 Å². The summed E-state index contributed by atoms with van der Waals surface area (Å²) in [6.07, 6.45) is 3.25. The molecule has 0 aliphatic carbocycles. The zero-order chi connectivity index (χ0) is 15.6. The Bertz CT molecular complexity index is 541. The molecule has 3 rings (SSSR count). The van der Waals surface area contributed by atoms with E-state index in [4.69, 9.17) is 9.47 Å². The number of hydrogen-bond donors (Lipinski definition) is 0. The van der Waals surface area contributed by atoms with Crippen molar-refractivity contribution in [3.05, 3.63) is 35.4 Å². The molecule has 0 bridgehead atoms. The average molecular weight is 303 g/mol. The fourth-order valence-electron chi connectivity index (χ4n) is 3.95. The maximum absolute atomic E-state index is 12.9. The number of carbonyl (C=O) groups is 1. The Morgan fingerprint density at radius 2 is 2.27 bits per heavy atom. The third-order valence-electron chi connectivity index (χ3n) is 5.08. The number of aryl methyl sites for hydroxylation is 1. The van der Waals surface area contributed by atoms with E-state index in [1.54, 1.807) is 7.11 Å². The summed E-state index contributed by atoms with van der Waals surface area (Å²) in [6.45, 7) is 4.99. The lowest BCUT2D eigenvalue weighted by atomic mass is 9.73. The number of hydrogen-bond acceptors (Lipinski definition) is 3. The molecule has 1 aromatic rings. The van der Waals surface area contributed by atoms with Crippen LogP contribution in [-0.2, 0) is 9.47 Å². The fraction of sp³-hybridized carbons (Fsp3) is 0.611. The van der Waals surface area contributed by atoms with Crippen molar-refractivity contribution >= 4 is 5.91 Å². The second-order valence-corrected chi connectivity index (χ2v) is 6.59. The minimum atomic E-state index is -0.0381. The summed E-state index contributed by atoms with van der Waals surface area (Å²) in [5.74, 6) is 0.137. The predicted octanol–water partition coefficient (Wildman–Crippen LogP) is 2.65. The molecule has 4 nitrogen and oxygen atoms in total. The Labute approximate surface area is 132 Å². The lowest BCUT2D eigenvalue weighted by Crippen LogP contribution is -2.58. The average Bonchev–Trinajstić information content (AvgIpc) is 2.54. The smallest absolute Gasteiger partial charge is 0.254 e. The Hall–Kier alpha value is -1.39. The van der Waals surface area contributed by atoms with Gasteiger partial charge in [-0.25, -0.2) is 0 Å². The van der Waals surface area contributed by atoms with Crippen LogP contribution in [0.15, 0.2) is 24.3 Å². The topological polar surface area (TPSA) is 38.8 Å². The number of methoxy groups -OCH3 is 1. The van der Waals surface area contributed by atoms with Gasteiger partial charge in [0.25, 0.3) is 5.91 Å². The first-order valence-electron chi connectivity index (χ1n) is 8.12. The van der Waals surface area contributed by atoms with Crippen LogP contribution in [0.5, 0.6) is 0 Å². The number of carbonyl (C=O) groups excluding carboxylic acids is 1. The molecule has 0 aromatic heterocycles. The number of nitrogens with zero attached hydrogens (tertiary/aromatic N) is 1. The maximum Gasteiger partial charge on any atom is 0.254 e. The molecular weight excluding hydrogens is 278 g/mol. The monoisotopic (exact) mass is 303 g/mol. The van der Waals surface area contributed by atoms with Crippen LogP contribution >= 0.6 is 0 Å². The number of fused-ring (bicyclic) bond motifs is 1. The second kappa shape index (κ2) is 6.39. The van der Waals surface area contributed by atoms with Crippen molar-refractivity contribution in [2.24, 2.45) is 5.41 Å². The van der Waals surface area contributed by atoms with Crippen molar-refractivity contribution in [1.29, 1.82) is 0 Å². The van der Waals surface area contributed by atoms with E-state index in [1.807, 2.05) is 36.1 Å². The van der Waals surface area contributed by atoms with Crippen molar-refractivity contribution in [3.8, 4) is 0 Å². The van der Waals surface area contributed by atoms with E-state index in [-0.39, 0.29) is 17.4 Å². The van der Waals surface area contributed by atoms with Crippen LogP contribution in [0.2, 0.25) is 0 Å². The molecular formula is C18H25NO3. The first-order chi connectivity index (χ1) is 10.7.